The smallest absolute Gasteiger partial charge is 0.252 e. The quantitative estimate of drug-likeness (QED) is 0.592. The Morgan fingerprint density at radius 1 is 0.962 bits per heavy atom. The molecule has 2 aromatic carbocycles. The molecule has 0 bridgehead atoms. The SMILES string of the molecule is CC(C)C(c1nn[nH]n1)c1ccc(-c2ccc3ccccc3c2)[nH]c1=O. The summed E-state index contributed by atoms with van der Waals surface area (Å²) in [5, 5.41) is 16.5. The Labute approximate surface area is 150 Å². The number of tetrazole rings is 1. The predicted octanol–water partition coefficient (Wildman–Crippen LogP) is 3.50. The van der Waals surface area contributed by atoms with Gasteiger partial charge in [-0.25, -0.2) is 0 Å². The molecule has 4 rings (SSSR count). The second-order valence-corrected chi connectivity index (χ2v) is 6.71. The molecular weight excluding hydrogens is 326 g/mol. The van der Waals surface area contributed by atoms with E-state index < -0.39 is 0 Å². The van der Waals surface area contributed by atoms with Crippen molar-refractivity contribution in [3.05, 3.63) is 76.3 Å². The summed E-state index contributed by atoms with van der Waals surface area (Å²) in [5.41, 5.74) is 2.29. The summed E-state index contributed by atoms with van der Waals surface area (Å²) in [4.78, 5) is 15.8. The minimum absolute atomic E-state index is 0.126. The van der Waals surface area contributed by atoms with Gasteiger partial charge in [0.05, 0.1) is 5.92 Å². The molecule has 0 saturated heterocycles. The number of benzene rings is 2. The standard InChI is InChI=1S/C20H19N5O/c1-12(2)18(19-22-24-25-23-19)16-9-10-17(21-20(16)26)15-8-7-13-5-3-4-6-14(13)11-15/h3-12,18H,1-2H3,(H,21,26)(H,22,23,24,25). The van der Waals surface area contributed by atoms with E-state index in [1.807, 2.05) is 44.2 Å². The van der Waals surface area contributed by atoms with Crippen LogP contribution >= 0.6 is 0 Å². The predicted molar refractivity (Wildman–Crippen MR) is 101 cm³/mol. The van der Waals surface area contributed by atoms with Crippen molar-refractivity contribution in [1.29, 1.82) is 0 Å². The molecule has 0 spiro atoms. The molecule has 26 heavy (non-hydrogen) atoms. The molecule has 2 heterocycles. The highest BCUT2D eigenvalue weighted by Crippen LogP contribution is 2.28. The zero-order valence-electron chi connectivity index (χ0n) is 14.6. The number of nitrogens with one attached hydrogen (secondary N) is 2. The van der Waals surface area contributed by atoms with Crippen LogP contribution in [-0.2, 0) is 0 Å². The maximum Gasteiger partial charge on any atom is 0.252 e. The van der Waals surface area contributed by atoms with E-state index in [1.54, 1.807) is 0 Å². The zero-order valence-corrected chi connectivity index (χ0v) is 14.6. The lowest BCUT2D eigenvalue weighted by Crippen LogP contribution is -2.21. The zero-order chi connectivity index (χ0) is 18.1. The Morgan fingerprint density at radius 3 is 2.46 bits per heavy atom. The molecule has 130 valence electrons. The lowest BCUT2D eigenvalue weighted by molar-refractivity contribution is 0.535. The molecule has 0 aliphatic carbocycles. The highest BCUT2D eigenvalue weighted by atomic mass is 16.1. The van der Waals surface area contributed by atoms with Crippen LogP contribution in [0.5, 0.6) is 0 Å². The highest BCUT2D eigenvalue weighted by molar-refractivity contribution is 5.86. The van der Waals surface area contributed by atoms with Crippen LogP contribution in [0.25, 0.3) is 22.0 Å². The third-order valence-corrected chi connectivity index (χ3v) is 4.64. The van der Waals surface area contributed by atoms with E-state index in [9.17, 15) is 4.79 Å². The van der Waals surface area contributed by atoms with Crippen LogP contribution in [0.2, 0.25) is 0 Å². The van der Waals surface area contributed by atoms with Crippen molar-refractivity contribution in [1.82, 2.24) is 25.6 Å². The van der Waals surface area contributed by atoms with Gasteiger partial charge in [0.15, 0.2) is 5.82 Å². The Bertz CT molecular complexity index is 1100. The summed E-state index contributed by atoms with van der Waals surface area (Å²) in [6, 6.07) is 18.1. The van der Waals surface area contributed by atoms with Crippen molar-refractivity contribution in [3.63, 3.8) is 0 Å². The van der Waals surface area contributed by atoms with Crippen molar-refractivity contribution in [3.8, 4) is 11.3 Å². The van der Waals surface area contributed by atoms with Gasteiger partial charge in [-0.3, -0.25) is 4.79 Å². The monoisotopic (exact) mass is 345 g/mol. The average molecular weight is 345 g/mol. The average Bonchev–Trinajstić information content (AvgIpc) is 3.17. The van der Waals surface area contributed by atoms with Gasteiger partial charge in [0, 0.05) is 11.3 Å². The van der Waals surface area contributed by atoms with Crippen LogP contribution in [0.4, 0.5) is 0 Å². The Morgan fingerprint density at radius 2 is 1.77 bits per heavy atom. The Balaban J connectivity index is 1.76. The van der Waals surface area contributed by atoms with E-state index >= 15 is 0 Å². The highest BCUT2D eigenvalue weighted by Gasteiger charge is 2.25. The van der Waals surface area contributed by atoms with Gasteiger partial charge in [0.2, 0.25) is 0 Å². The fourth-order valence-corrected chi connectivity index (χ4v) is 3.35. The number of fused-ring (bicyclic) bond motifs is 1. The fourth-order valence-electron chi connectivity index (χ4n) is 3.35. The third kappa shape index (κ3) is 2.90. The molecule has 2 aromatic heterocycles. The molecule has 2 N–H and O–H groups in total. The summed E-state index contributed by atoms with van der Waals surface area (Å²) in [6.07, 6.45) is 0. The van der Waals surface area contributed by atoms with Crippen LogP contribution < -0.4 is 5.56 Å². The van der Waals surface area contributed by atoms with E-state index in [0.717, 1.165) is 16.6 Å². The normalized spacial score (nSPS) is 12.6. The summed E-state index contributed by atoms with van der Waals surface area (Å²) < 4.78 is 0. The van der Waals surface area contributed by atoms with E-state index in [-0.39, 0.29) is 17.4 Å². The summed E-state index contributed by atoms with van der Waals surface area (Å²) in [5.74, 6) is 0.493. The maximum absolute atomic E-state index is 12.8. The first-order valence-corrected chi connectivity index (χ1v) is 8.59. The van der Waals surface area contributed by atoms with Crippen LogP contribution in [0.15, 0.2) is 59.4 Å². The molecule has 4 aromatic rings. The molecule has 1 atom stereocenters. The molecule has 0 amide bonds. The van der Waals surface area contributed by atoms with Crippen molar-refractivity contribution in [2.24, 2.45) is 5.92 Å². The number of hydrogen-bond donors (Lipinski definition) is 2. The largest absolute Gasteiger partial charge is 0.322 e. The third-order valence-electron chi connectivity index (χ3n) is 4.64. The van der Waals surface area contributed by atoms with E-state index in [2.05, 4.69) is 49.9 Å². The molecule has 0 fully saturated rings. The van der Waals surface area contributed by atoms with Gasteiger partial charge in [-0.2, -0.15) is 5.21 Å². The van der Waals surface area contributed by atoms with Crippen molar-refractivity contribution >= 4 is 10.8 Å². The number of H-pyrrole nitrogens is 2. The molecular formula is C20H19N5O. The fraction of sp³-hybridized carbons (Fsp3) is 0.200. The van der Waals surface area contributed by atoms with Gasteiger partial charge in [-0.05, 0) is 34.4 Å². The van der Waals surface area contributed by atoms with Gasteiger partial charge < -0.3 is 4.98 Å². The molecule has 0 radical (unpaired) electrons. The molecule has 0 aliphatic heterocycles. The minimum Gasteiger partial charge on any atom is -0.322 e. The second-order valence-electron chi connectivity index (χ2n) is 6.71. The molecule has 0 saturated carbocycles. The number of nitrogens with zero attached hydrogens (tertiary/aromatic N) is 3. The van der Waals surface area contributed by atoms with Gasteiger partial charge in [-0.15, -0.1) is 10.2 Å². The lowest BCUT2D eigenvalue weighted by Gasteiger charge is -2.17. The van der Waals surface area contributed by atoms with E-state index in [0.29, 0.717) is 11.4 Å². The van der Waals surface area contributed by atoms with Gasteiger partial charge in [0.1, 0.15) is 0 Å². The van der Waals surface area contributed by atoms with E-state index in [4.69, 9.17) is 0 Å². The Kier molecular flexibility index (Phi) is 4.08. The van der Waals surface area contributed by atoms with Crippen molar-refractivity contribution < 1.29 is 0 Å². The van der Waals surface area contributed by atoms with Crippen LogP contribution in [0, 0.1) is 5.92 Å². The topological polar surface area (TPSA) is 87.3 Å². The first-order valence-electron chi connectivity index (χ1n) is 8.59. The van der Waals surface area contributed by atoms with Crippen molar-refractivity contribution in [2.45, 2.75) is 19.8 Å². The molecule has 1 unspecified atom stereocenters. The maximum atomic E-state index is 12.8. The molecule has 6 heteroatoms. The van der Waals surface area contributed by atoms with Gasteiger partial charge in [-0.1, -0.05) is 61.5 Å². The van der Waals surface area contributed by atoms with Crippen LogP contribution in [0.1, 0.15) is 31.2 Å². The summed E-state index contributed by atoms with van der Waals surface area (Å²) in [7, 11) is 0. The van der Waals surface area contributed by atoms with Gasteiger partial charge in [0.25, 0.3) is 5.56 Å². The van der Waals surface area contributed by atoms with Crippen LogP contribution in [0.3, 0.4) is 0 Å². The molecule has 0 aliphatic rings. The van der Waals surface area contributed by atoms with Crippen LogP contribution in [-0.4, -0.2) is 25.6 Å². The number of aromatic nitrogens is 5. The second kappa shape index (κ2) is 6.55. The first kappa shape index (κ1) is 16.2. The molecule has 6 nitrogen and oxygen atoms in total. The Hall–Kier alpha value is -3.28. The number of rotatable bonds is 4. The number of pyridine rings is 1. The number of aromatic amines is 2. The first-order chi connectivity index (χ1) is 12.6. The lowest BCUT2D eigenvalue weighted by atomic mass is 9.88. The summed E-state index contributed by atoms with van der Waals surface area (Å²) in [6.45, 7) is 4.08. The summed E-state index contributed by atoms with van der Waals surface area (Å²) >= 11 is 0. The van der Waals surface area contributed by atoms with Crippen molar-refractivity contribution in [2.75, 3.05) is 0 Å². The number of hydrogen-bond acceptors (Lipinski definition) is 4. The van der Waals surface area contributed by atoms with E-state index in [1.165, 1.54) is 5.39 Å². The minimum atomic E-state index is -0.205. The van der Waals surface area contributed by atoms with Gasteiger partial charge >= 0.3 is 0 Å².